The molecule has 4 heterocycles. The van der Waals surface area contributed by atoms with Gasteiger partial charge in [0, 0.05) is 43.2 Å². The second-order valence-electron chi connectivity index (χ2n) is 6.73. The molecule has 25 heavy (non-hydrogen) atoms. The van der Waals surface area contributed by atoms with E-state index in [2.05, 4.69) is 25.2 Å². The molecule has 0 bridgehead atoms. The lowest BCUT2D eigenvalue weighted by atomic mass is 9.86. The highest BCUT2D eigenvalue weighted by molar-refractivity contribution is 7.13. The van der Waals surface area contributed by atoms with Crippen molar-refractivity contribution >= 4 is 22.3 Å². The topological polar surface area (TPSA) is 72.4 Å². The van der Waals surface area contributed by atoms with Crippen LogP contribution in [-0.4, -0.2) is 53.9 Å². The fourth-order valence-corrected chi connectivity index (χ4v) is 4.34. The number of ether oxygens (including phenoxy) is 2. The predicted octanol–water partition coefficient (Wildman–Crippen LogP) is 2.43. The summed E-state index contributed by atoms with van der Waals surface area (Å²) in [5.41, 5.74) is -0.0638. The zero-order valence-electron chi connectivity index (χ0n) is 14.4. The highest BCUT2D eigenvalue weighted by Crippen LogP contribution is 2.38. The van der Waals surface area contributed by atoms with Crippen LogP contribution in [0, 0.1) is 5.92 Å². The Balaban J connectivity index is 1.38. The maximum absolute atomic E-state index is 6.30. The van der Waals surface area contributed by atoms with Gasteiger partial charge in [0.25, 0.3) is 0 Å². The number of hydrogen-bond donors (Lipinski definition) is 1. The lowest BCUT2D eigenvalue weighted by Gasteiger charge is -2.40. The first-order chi connectivity index (χ1) is 12.3. The van der Waals surface area contributed by atoms with Gasteiger partial charge in [0.1, 0.15) is 12.1 Å². The highest BCUT2D eigenvalue weighted by atomic mass is 32.1. The summed E-state index contributed by atoms with van der Waals surface area (Å²) in [5.74, 6) is 2.03. The molecule has 8 heteroatoms. The number of thiazole rings is 1. The Morgan fingerprint density at radius 3 is 3.24 bits per heavy atom. The Bertz CT molecular complexity index is 698. The van der Waals surface area contributed by atoms with Gasteiger partial charge in [-0.25, -0.2) is 15.0 Å². The van der Waals surface area contributed by atoms with E-state index in [1.807, 2.05) is 17.6 Å². The molecule has 0 radical (unpaired) electrons. The Morgan fingerprint density at radius 1 is 1.44 bits per heavy atom. The number of anilines is 2. The number of nitrogens with zero attached hydrogens (tertiary/aromatic N) is 4. The van der Waals surface area contributed by atoms with Crippen LogP contribution < -0.4 is 15.0 Å². The van der Waals surface area contributed by atoms with Crippen molar-refractivity contribution in [3.8, 4) is 5.88 Å². The molecule has 4 rings (SSSR count). The number of rotatable bonds is 5. The molecule has 1 spiro atoms. The Kier molecular flexibility index (Phi) is 4.72. The van der Waals surface area contributed by atoms with Crippen molar-refractivity contribution in [2.24, 2.45) is 5.92 Å². The molecule has 2 aromatic rings. The molecule has 0 unspecified atom stereocenters. The minimum absolute atomic E-state index is 0.0638. The van der Waals surface area contributed by atoms with E-state index in [-0.39, 0.29) is 5.60 Å². The van der Waals surface area contributed by atoms with Crippen LogP contribution in [0.2, 0.25) is 0 Å². The SMILES string of the molecule is COc1cc(N2CCC[C@@]3(C[C@@H](CNc4nccs4)CO3)C2)ncn1. The summed E-state index contributed by atoms with van der Waals surface area (Å²) in [6.45, 7) is 3.59. The van der Waals surface area contributed by atoms with Gasteiger partial charge >= 0.3 is 0 Å². The molecule has 0 amide bonds. The highest BCUT2D eigenvalue weighted by Gasteiger charge is 2.43. The Morgan fingerprint density at radius 2 is 2.40 bits per heavy atom. The van der Waals surface area contributed by atoms with Gasteiger partial charge in [-0.05, 0) is 19.3 Å². The number of piperidine rings is 1. The van der Waals surface area contributed by atoms with Crippen LogP contribution in [0.1, 0.15) is 19.3 Å². The quantitative estimate of drug-likeness (QED) is 0.877. The van der Waals surface area contributed by atoms with Gasteiger partial charge in [-0.3, -0.25) is 0 Å². The summed E-state index contributed by atoms with van der Waals surface area (Å²) in [6, 6.07) is 1.90. The van der Waals surface area contributed by atoms with Gasteiger partial charge < -0.3 is 19.7 Å². The van der Waals surface area contributed by atoms with E-state index in [1.54, 1.807) is 24.8 Å². The van der Waals surface area contributed by atoms with Gasteiger partial charge in [0.15, 0.2) is 5.13 Å². The maximum atomic E-state index is 6.30. The zero-order chi connectivity index (χ0) is 17.1. The summed E-state index contributed by atoms with van der Waals surface area (Å²) >= 11 is 1.64. The number of aromatic nitrogens is 3. The molecule has 2 saturated heterocycles. The van der Waals surface area contributed by atoms with Crippen molar-refractivity contribution in [3.63, 3.8) is 0 Å². The Hall–Kier alpha value is -1.93. The van der Waals surface area contributed by atoms with Crippen molar-refractivity contribution in [2.45, 2.75) is 24.9 Å². The molecular formula is C17H23N5O2S. The van der Waals surface area contributed by atoms with E-state index in [0.717, 1.165) is 56.5 Å². The average molecular weight is 361 g/mol. The van der Waals surface area contributed by atoms with Crippen LogP contribution in [0.4, 0.5) is 10.9 Å². The molecule has 134 valence electrons. The van der Waals surface area contributed by atoms with Crippen molar-refractivity contribution in [1.82, 2.24) is 15.0 Å². The maximum Gasteiger partial charge on any atom is 0.218 e. The zero-order valence-corrected chi connectivity index (χ0v) is 15.2. The van der Waals surface area contributed by atoms with Crippen molar-refractivity contribution < 1.29 is 9.47 Å². The summed E-state index contributed by atoms with van der Waals surface area (Å²) in [5, 5.41) is 6.40. The Labute approximate surface area is 151 Å². The number of methoxy groups -OCH3 is 1. The monoisotopic (exact) mass is 361 g/mol. The lowest BCUT2D eigenvalue weighted by molar-refractivity contribution is -0.00705. The van der Waals surface area contributed by atoms with Crippen molar-refractivity contribution in [1.29, 1.82) is 0 Å². The first-order valence-corrected chi connectivity index (χ1v) is 9.53. The van der Waals surface area contributed by atoms with Crippen LogP contribution in [-0.2, 0) is 4.74 Å². The van der Waals surface area contributed by atoms with Crippen LogP contribution in [0.5, 0.6) is 5.88 Å². The van der Waals surface area contributed by atoms with Crippen molar-refractivity contribution in [2.75, 3.05) is 43.6 Å². The normalized spacial score (nSPS) is 26.1. The van der Waals surface area contributed by atoms with Crippen LogP contribution in [0.25, 0.3) is 0 Å². The van der Waals surface area contributed by atoms with Crippen LogP contribution >= 0.6 is 11.3 Å². The fourth-order valence-electron chi connectivity index (χ4n) is 3.80. The number of hydrogen-bond acceptors (Lipinski definition) is 8. The van der Waals surface area contributed by atoms with E-state index in [4.69, 9.17) is 9.47 Å². The van der Waals surface area contributed by atoms with E-state index in [9.17, 15) is 0 Å². The summed E-state index contributed by atoms with van der Waals surface area (Å²) in [6.07, 6.45) is 6.68. The molecule has 2 aliphatic rings. The van der Waals surface area contributed by atoms with Gasteiger partial charge in [0.2, 0.25) is 5.88 Å². The van der Waals surface area contributed by atoms with E-state index >= 15 is 0 Å². The molecule has 7 nitrogen and oxygen atoms in total. The molecule has 1 N–H and O–H groups in total. The average Bonchev–Trinajstić information content (AvgIpc) is 3.30. The van der Waals surface area contributed by atoms with E-state index in [0.29, 0.717) is 11.8 Å². The molecule has 0 saturated carbocycles. The summed E-state index contributed by atoms with van der Waals surface area (Å²) in [4.78, 5) is 15.1. The second-order valence-corrected chi connectivity index (χ2v) is 7.62. The minimum atomic E-state index is -0.0638. The van der Waals surface area contributed by atoms with Gasteiger partial charge in [-0.2, -0.15) is 0 Å². The lowest BCUT2D eigenvalue weighted by Crippen LogP contribution is -2.48. The van der Waals surface area contributed by atoms with Crippen LogP contribution in [0.15, 0.2) is 24.0 Å². The summed E-state index contributed by atoms with van der Waals surface area (Å²) in [7, 11) is 1.63. The standard InChI is InChI=1S/C17H23N5O2S/c1-23-15-7-14(20-12-21-15)22-5-2-3-17(11-22)8-13(10-24-17)9-19-16-18-4-6-25-16/h4,6-7,12-13H,2-3,5,8-11H2,1H3,(H,18,19)/t13-,17+/m0/s1. The van der Waals surface area contributed by atoms with Crippen molar-refractivity contribution in [3.05, 3.63) is 24.0 Å². The fraction of sp³-hybridized carbons (Fsp3) is 0.588. The van der Waals surface area contributed by atoms with Gasteiger partial charge in [-0.15, -0.1) is 11.3 Å². The first-order valence-electron chi connectivity index (χ1n) is 8.65. The third-order valence-corrected chi connectivity index (χ3v) is 5.69. The molecule has 0 aromatic carbocycles. The second kappa shape index (κ2) is 7.13. The molecular weight excluding hydrogens is 338 g/mol. The first kappa shape index (κ1) is 16.5. The largest absolute Gasteiger partial charge is 0.481 e. The third kappa shape index (κ3) is 3.69. The molecule has 2 atom stereocenters. The van der Waals surface area contributed by atoms with Gasteiger partial charge in [-0.1, -0.05) is 0 Å². The minimum Gasteiger partial charge on any atom is -0.481 e. The third-order valence-electron chi connectivity index (χ3n) is 4.96. The van der Waals surface area contributed by atoms with Crippen LogP contribution in [0.3, 0.4) is 0 Å². The number of nitrogens with one attached hydrogen (secondary N) is 1. The molecule has 0 aliphatic carbocycles. The molecule has 2 aliphatic heterocycles. The van der Waals surface area contributed by atoms with E-state index < -0.39 is 0 Å². The summed E-state index contributed by atoms with van der Waals surface area (Å²) < 4.78 is 11.5. The van der Waals surface area contributed by atoms with E-state index in [1.165, 1.54) is 0 Å². The molecule has 2 fully saturated rings. The van der Waals surface area contributed by atoms with Gasteiger partial charge in [0.05, 0.1) is 19.3 Å². The smallest absolute Gasteiger partial charge is 0.218 e. The molecule has 2 aromatic heterocycles. The predicted molar refractivity (Wildman–Crippen MR) is 97.4 cm³/mol.